The van der Waals surface area contributed by atoms with Gasteiger partial charge in [0, 0.05) is 29.4 Å². The van der Waals surface area contributed by atoms with Gasteiger partial charge in [0.1, 0.15) is 0 Å². The Hall–Kier alpha value is -3.39. The highest BCUT2D eigenvalue weighted by Gasteiger charge is 2.36. The van der Waals surface area contributed by atoms with Crippen molar-refractivity contribution in [2.24, 2.45) is 5.92 Å². The van der Waals surface area contributed by atoms with E-state index in [1.807, 2.05) is 6.92 Å². The maximum Gasteiger partial charge on any atom is 0.338 e. The first-order valence-electron chi connectivity index (χ1n) is 10.7. The number of nitrogens with one attached hydrogen (secondary N) is 1. The summed E-state index contributed by atoms with van der Waals surface area (Å²) < 4.78 is 10.2. The Morgan fingerprint density at radius 3 is 2.58 bits per heavy atom. The van der Waals surface area contributed by atoms with E-state index in [0.717, 1.165) is 12.8 Å². The van der Waals surface area contributed by atoms with Crippen LogP contribution in [0.1, 0.15) is 36.5 Å². The second kappa shape index (κ2) is 11.5. The number of ether oxygens (including phenoxy) is 2. The van der Waals surface area contributed by atoms with Crippen molar-refractivity contribution >= 4 is 46.7 Å². The zero-order chi connectivity index (χ0) is 23.8. The van der Waals surface area contributed by atoms with Crippen LogP contribution in [-0.2, 0) is 23.9 Å². The van der Waals surface area contributed by atoms with Crippen molar-refractivity contribution in [3.8, 4) is 0 Å². The molecule has 2 amide bonds. The second-order valence-corrected chi connectivity index (χ2v) is 8.04. The van der Waals surface area contributed by atoms with Gasteiger partial charge in [0.25, 0.3) is 5.91 Å². The van der Waals surface area contributed by atoms with E-state index in [4.69, 9.17) is 21.1 Å². The van der Waals surface area contributed by atoms with E-state index in [1.54, 1.807) is 48.5 Å². The summed E-state index contributed by atoms with van der Waals surface area (Å²) in [5, 5.41) is 3.09. The lowest BCUT2D eigenvalue weighted by Gasteiger charge is -2.16. The van der Waals surface area contributed by atoms with Crippen LogP contribution in [0.25, 0.3) is 0 Å². The highest BCUT2D eigenvalue weighted by molar-refractivity contribution is 6.31. The zero-order valence-corrected chi connectivity index (χ0v) is 19.0. The van der Waals surface area contributed by atoms with Crippen LogP contribution in [0.15, 0.2) is 48.5 Å². The number of carbonyl (C=O) groups excluding carboxylic acids is 4. The molecule has 0 aliphatic carbocycles. The minimum Gasteiger partial charge on any atom is -0.462 e. The number of benzene rings is 2. The van der Waals surface area contributed by atoms with Crippen LogP contribution in [0.2, 0.25) is 5.02 Å². The van der Waals surface area contributed by atoms with E-state index in [-0.39, 0.29) is 18.9 Å². The summed E-state index contributed by atoms with van der Waals surface area (Å²) in [4.78, 5) is 50.2. The van der Waals surface area contributed by atoms with E-state index >= 15 is 0 Å². The van der Waals surface area contributed by atoms with Crippen molar-refractivity contribution in [2.45, 2.75) is 26.2 Å². The van der Waals surface area contributed by atoms with Crippen molar-refractivity contribution in [1.82, 2.24) is 0 Å². The first-order chi connectivity index (χ1) is 15.9. The maximum absolute atomic E-state index is 12.4. The highest BCUT2D eigenvalue weighted by atomic mass is 35.5. The van der Waals surface area contributed by atoms with Gasteiger partial charge >= 0.3 is 11.9 Å². The normalized spacial score (nSPS) is 15.3. The molecular formula is C24H25ClN2O6. The van der Waals surface area contributed by atoms with Crippen molar-refractivity contribution in [1.29, 1.82) is 0 Å². The molecule has 0 saturated carbocycles. The minimum absolute atomic E-state index is 0.00276. The van der Waals surface area contributed by atoms with Gasteiger partial charge in [-0.15, -0.1) is 0 Å². The fraction of sp³-hybridized carbons (Fsp3) is 0.333. The fourth-order valence-electron chi connectivity index (χ4n) is 3.29. The van der Waals surface area contributed by atoms with Crippen LogP contribution in [0.5, 0.6) is 0 Å². The first kappa shape index (κ1) is 24.3. The summed E-state index contributed by atoms with van der Waals surface area (Å²) in [6.07, 6.45) is 1.73. The number of amides is 2. The van der Waals surface area contributed by atoms with E-state index in [1.165, 1.54) is 4.90 Å². The van der Waals surface area contributed by atoms with Crippen LogP contribution in [-0.4, -0.2) is 43.5 Å². The molecule has 1 fully saturated rings. The molecule has 0 bridgehead atoms. The number of rotatable bonds is 9. The lowest BCUT2D eigenvalue weighted by Crippen LogP contribution is -2.28. The van der Waals surface area contributed by atoms with Gasteiger partial charge in [0.15, 0.2) is 6.61 Å². The topological polar surface area (TPSA) is 102 Å². The van der Waals surface area contributed by atoms with Crippen LogP contribution in [0.4, 0.5) is 11.4 Å². The van der Waals surface area contributed by atoms with Crippen molar-refractivity contribution in [2.75, 3.05) is 30.0 Å². The molecule has 0 radical (unpaired) electrons. The van der Waals surface area contributed by atoms with E-state index in [0.29, 0.717) is 28.6 Å². The Bertz CT molecular complexity index is 1020. The number of esters is 2. The molecule has 1 saturated heterocycles. The van der Waals surface area contributed by atoms with Gasteiger partial charge in [0.2, 0.25) is 5.91 Å². The highest BCUT2D eigenvalue weighted by Crippen LogP contribution is 2.27. The van der Waals surface area contributed by atoms with E-state index in [2.05, 4.69) is 5.32 Å². The molecule has 1 N–H and O–H groups in total. The minimum atomic E-state index is -0.665. The van der Waals surface area contributed by atoms with Gasteiger partial charge in [-0.1, -0.05) is 31.0 Å². The van der Waals surface area contributed by atoms with Gasteiger partial charge in [-0.3, -0.25) is 14.4 Å². The number of hydrogen-bond acceptors (Lipinski definition) is 6. The number of nitrogens with zero attached hydrogens (tertiary/aromatic N) is 1. The Kier molecular flexibility index (Phi) is 8.43. The smallest absolute Gasteiger partial charge is 0.338 e. The molecule has 3 rings (SSSR count). The molecular weight excluding hydrogens is 448 g/mol. The predicted octanol–water partition coefficient (Wildman–Crippen LogP) is 3.83. The summed E-state index contributed by atoms with van der Waals surface area (Å²) in [6.45, 7) is 2.05. The van der Waals surface area contributed by atoms with E-state index in [9.17, 15) is 19.2 Å². The fourth-order valence-corrected chi connectivity index (χ4v) is 3.48. The van der Waals surface area contributed by atoms with Crippen LogP contribution in [0, 0.1) is 5.92 Å². The van der Waals surface area contributed by atoms with Crippen molar-refractivity contribution < 1.29 is 28.7 Å². The molecule has 1 heterocycles. The predicted molar refractivity (Wildman–Crippen MR) is 123 cm³/mol. The molecule has 2 aromatic rings. The largest absolute Gasteiger partial charge is 0.462 e. The number of anilines is 2. The monoisotopic (exact) mass is 472 g/mol. The lowest BCUT2D eigenvalue weighted by atomic mass is 10.1. The Morgan fingerprint density at radius 1 is 1.12 bits per heavy atom. The van der Waals surface area contributed by atoms with E-state index < -0.39 is 30.4 Å². The summed E-state index contributed by atoms with van der Waals surface area (Å²) in [6, 6.07) is 13.0. The van der Waals surface area contributed by atoms with Gasteiger partial charge in [-0.05, 0) is 48.9 Å². The molecule has 0 spiro atoms. The SMILES string of the molecule is CCCCOC(=O)c1ccc(NC(=O)COC(=O)[C@@H]2CC(=O)N(c3cccc(Cl)c3)C2)cc1. The maximum atomic E-state index is 12.4. The summed E-state index contributed by atoms with van der Waals surface area (Å²) in [5.41, 5.74) is 1.44. The molecule has 1 atom stereocenters. The molecule has 0 unspecified atom stereocenters. The second-order valence-electron chi connectivity index (χ2n) is 7.61. The third kappa shape index (κ3) is 6.79. The molecule has 33 heavy (non-hydrogen) atoms. The van der Waals surface area contributed by atoms with Crippen molar-refractivity contribution in [3.63, 3.8) is 0 Å². The molecule has 1 aliphatic heterocycles. The zero-order valence-electron chi connectivity index (χ0n) is 18.2. The lowest BCUT2D eigenvalue weighted by molar-refractivity contribution is -0.151. The number of hydrogen-bond donors (Lipinski definition) is 1. The summed E-state index contributed by atoms with van der Waals surface area (Å²) in [5.74, 6) is -2.45. The summed E-state index contributed by atoms with van der Waals surface area (Å²) in [7, 11) is 0. The number of carbonyl (C=O) groups is 4. The molecule has 0 aromatic heterocycles. The first-order valence-corrected chi connectivity index (χ1v) is 11.0. The third-order valence-corrected chi connectivity index (χ3v) is 5.29. The number of unbranched alkanes of at least 4 members (excludes halogenated alkanes) is 1. The molecule has 8 nitrogen and oxygen atoms in total. The van der Waals surface area contributed by atoms with Gasteiger partial charge in [-0.2, -0.15) is 0 Å². The van der Waals surface area contributed by atoms with Gasteiger partial charge in [0.05, 0.1) is 18.1 Å². The average molecular weight is 473 g/mol. The van der Waals surface area contributed by atoms with Crippen LogP contribution in [0.3, 0.4) is 0 Å². The third-order valence-electron chi connectivity index (χ3n) is 5.06. The Morgan fingerprint density at radius 2 is 1.88 bits per heavy atom. The summed E-state index contributed by atoms with van der Waals surface area (Å²) >= 11 is 5.97. The molecule has 1 aliphatic rings. The standard InChI is InChI=1S/C24H25ClN2O6/c1-2-3-11-32-23(30)16-7-9-19(10-8-16)26-21(28)15-33-24(31)17-12-22(29)27(14-17)20-6-4-5-18(25)13-20/h4-10,13,17H,2-3,11-12,14-15H2,1H3,(H,26,28)/t17-/m1/s1. The number of halogens is 1. The Balaban J connectivity index is 1.45. The van der Waals surface area contributed by atoms with Crippen LogP contribution < -0.4 is 10.2 Å². The molecule has 174 valence electrons. The molecule has 2 aromatic carbocycles. The van der Waals surface area contributed by atoms with Crippen molar-refractivity contribution in [3.05, 3.63) is 59.1 Å². The van der Waals surface area contributed by atoms with Crippen LogP contribution >= 0.6 is 11.6 Å². The van der Waals surface area contributed by atoms with Gasteiger partial charge in [-0.25, -0.2) is 4.79 Å². The van der Waals surface area contributed by atoms with Gasteiger partial charge < -0.3 is 19.7 Å². The molecule has 9 heteroatoms. The Labute approximate surface area is 196 Å². The quantitative estimate of drug-likeness (QED) is 0.439. The average Bonchev–Trinajstić information content (AvgIpc) is 3.20.